The molecule has 1 aromatic rings. The van der Waals surface area contributed by atoms with Gasteiger partial charge in [-0.2, -0.15) is 0 Å². The van der Waals surface area contributed by atoms with Crippen molar-refractivity contribution in [1.29, 1.82) is 0 Å². The van der Waals surface area contributed by atoms with Crippen LogP contribution >= 0.6 is 0 Å². The molecule has 1 aliphatic carbocycles. The third-order valence-corrected chi connectivity index (χ3v) is 2.70. The number of hydrogen-bond acceptors (Lipinski definition) is 3. The molecule has 1 saturated carbocycles. The van der Waals surface area contributed by atoms with E-state index in [1.807, 2.05) is 6.07 Å². The molecule has 1 aliphatic rings. The van der Waals surface area contributed by atoms with Gasteiger partial charge in [-0.25, -0.2) is 4.98 Å². The second-order valence-electron chi connectivity index (χ2n) is 4.66. The lowest BCUT2D eigenvalue weighted by Crippen LogP contribution is -2.20. The van der Waals surface area contributed by atoms with Crippen molar-refractivity contribution in [2.45, 2.75) is 38.7 Å². The van der Waals surface area contributed by atoms with E-state index >= 15 is 0 Å². The van der Waals surface area contributed by atoms with Gasteiger partial charge in [0.1, 0.15) is 11.4 Å². The molecular weight excluding hydrogens is 216 g/mol. The van der Waals surface area contributed by atoms with Gasteiger partial charge in [0.2, 0.25) is 0 Å². The van der Waals surface area contributed by atoms with Crippen LogP contribution in [-0.4, -0.2) is 24.0 Å². The van der Waals surface area contributed by atoms with Crippen molar-refractivity contribution in [1.82, 2.24) is 10.3 Å². The average Bonchev–Trinajstić information content (AvgIpc) is 3.11. The molecule has 0 atom stereocenters. The second-order valence-corrected chi connectivity index (χ2v) is 4.66. The van der Waals surface area contributed by atoms with Gasteiger partial charge in [0.25, 0.3) is 5.91 Å². The molecule has 4 heteroatoms. The number of nitrogens with one attached hydrogen (secondary N) is 1. The van der Waals surface area contributed by atoms with Crippen molar-refractivity contribution in [2.75, 3.05) is 7.05 Å². The molecule has 4 nitrogen and oxygen atoms in total. The fourth-order valence-corrected chi connectivity index (χ4v) is 1.51. The predicted molar refractivity (Wildman–Crippen MR) is 65.4 cm³/mol. The molecule has 1 amide bonds. The molecule has 0 radical (unpaired) electrons. The van der Waals surface area contributed by atoms with Crippen molar-refractivity contribution in [3.8, 4) is 5.75 Å². The van der Waals surface area contributed by atoms with Gasteiger partial charge in [-0.15, -0.1) is 0 Å². The molecule has 0 aliphatic heterocycles. The summed E-state index contributed by atoms with van der Waals surface area (Å²) in [5, 5.41) is 2.59. The molecule has 92 valence electrons. The van der Waals surface area contributed by atoms with Crippen LogP contribution in [0.2, 0.25) is 0 Å². The summed E-state index contributed by atoms with van der Waals surface area (Å²) in [6.07, 6.45) is 2.54. The normalized spacial score (nSPS) is 14.8. The van der Waals surface area contributed by atoms with E-state index < -0.39 is 0 Å². The monoisotopic (exact) mass is 234 g/mol. The average molecular weight is 234 g/mol. The SMILES string of the molecule is CNC(=O)c1cc(OC2CC2)cc(C(C)C)n1. The van der Waals surface area contributed by atoms with Crippen LogP contribution in [0.5, 0.6) is 5.75 Å². The standard InChI is InChI=1S/C13H18N2O2/c1-8(2)11-6-10(17-9-4-5-9)7-12(15-11)13(16)14-3/h6-9H,4-5H2,1-3H3,(H,14,16). The topological polar surface area (TPSA) is 51.2 Å². The molecule has 0 spiro atoms. The maximum atomic E-state index is 11.6. The summed E-state index contributed by atoms with van der Waals surface area (Å²) in [5.41, 5.74) is 1.32. The summed E-state index contributed by atoms with van der Waals surface area (Å²) >= 11 is 0. The van der Waals surface area contributed by atoms with E-state index in [1.54, 1.807) is 13.1 Å². The molecule has 0 saturated heterocycles. The van der Waals surface area contributed by atoms with Crippen molar-refractivity contribution >= 4 is 5.91 Å². The summed E-state index contributed by atoms with van der Waals surface area (Å²) in [6.45, 7) is 4.10. The van der Waals surface area contributed by atoms with Crippen LogP contribution in [-0.2, 0) is 0 Å². The summed E-state index contributed by atoms with van der Waals surface area (Å²) < 4.78 is 5.73. The number of carbonyl (C=O) groups excluding carboxylic acids is 1. The Kier molecular flexibility index (Phi) is 3.31. The number of carbonyl (C=O) groups is 1. The van der Waals surface area contributed by atoms with Gasteiger partial charge in [-0.05, 0) is 18.8 Å². The minimum Gasteiger partial charge on any atom is -0.490 e. The van der Waals surface area contributed by atoms with Crippen LogP contribution in [0.25, 0.3) is 0 Å². The van der Waals surface area contributed by atoms with E-state index in [0.717, 1.165) is 24.3 Å². The first kappa shape index (κ1) is 11.9. The van der Waals surface area contributed by atoms with Crippen LogP contribution in [0.3, 0.4) is 0 Å². The highest BCUT2D eigenvalue weighted by atomic mass is 16.5. The molecule has 1 heterocycles. The fraction of sp³-hybridized carbons (Fsp3) is 0.538. The van der Waals surface area contributed by atoms with E-state index in [2.05, 4.69) is 24.1 Å². The highest BCUT2D eigenvalue weighted by Crippen LogP contribution is 2.28. The number of amides is 1. The van der Waals surface area contributed by atoms with Gasteiger partial charge in [-0.3, -0.25) is 4.79 Å². The summed E-state index contributed by atoms with van der Waals surface area (Å²) in [4.78, 5) is 16.0. The van der Waals surface area contributed by atoms with Crippen molar-refractivity contribution in [3.05, 3.63) is 23.5 Å². The smallest absolute Gasteiger partial charge is 0.269 e. The summed E-state index contributed by atoms with van der Waals surface area (Å²) in [7, 11) is 1.60. The van der Waals surface area contributed by atoms with Crippen molar-refractivity contribution in [3.63, 3.8) is 0 Å². The number of aromatic nitrogens is 1. The first-order valence-corrected chi connectivity index (χ1v) is 6.01. The van der Waals surface area contributed by atoms with E-state index in [1.165, 1.54) is 0 Å². The number of hydrogen-bond donors (Lipinski definition) is 1. The minimum absolute atomic E-state index is 0.173. The Bertz CT molecular complexity index is 425. The highest BCUT2D eigenvalue weighted by Gasteiger charge is 2.24. The fourth-order valence-electron chi connectivity index (χ4n) is 1.51. The molecule has 0 unspecified atom stereocenters. The Morgan fingerprint density at radius 2 is 2.18 bits per heavy atom. The van der Waals surface area contributed by atoms with E-state index in [9.17, 15) is 4.79 Å². The van der Waals surface area contributed by atoms with Gasteiger partial charge in [-0.1, -0.05) is 13.8 Å². The first-order valence-electron chi connectivity index (χ1n) is 6.01. The third kappa shape index (κ3) is 2.96. The zero-order valence-electron chi connectivity index (χ0n) is 10.5. The Morgan fingerprint density at radius 3 is 2.71 bits per heavy atom. The van der Waals surface area contributed by atoms with Gasteiger partial charge < -0.3 is 10.1 Å². The molecule has 0 bridgehead atoms. The number of ether oxygens (including phenoxy) is 1. The Morgan fingerprint density at radius 1 is 1.47 bits per heavy atom. The Balaban J connectivity index is 2.30. The zero-order chi connectivity index (χ0) is 12.4. The Labute approximate surface area is 101 Å². The molecule has 1 N–H and O–H groups in total. The van der Waals surface area contributed by atoms with E-state index in [4.69, 9.17) is 4.74 Å². The second kappa shape index (κ2) is 4.73. The number of rotatable bonds is 4. The van der Waals surface area contributed by atoms with Crippen molar-refractivity contribution in [2.24, 2.45) is 0 Å². The molecule has 1 aromatic heterocycles. The summed E-state index contributed by atoms with van der Waals surface area (Å²) in [5.74, 6) is 0.860. The maximum absolute atomic E-state index is 11.6. The molecule has 0 aromatic carbocycles. The lowest BCUT2D eigenvalue weighted by Gasteiger charge is -2.11. The van der Waals surface area contributed by atoms with Crippen LogP contribution < -0.4 is 10.1 Å². The Hall–Kier alpha value is -1.58. The molecule has 2 rings (SSSR count). The zero-order valence-corrected chi connectivity index (χ0v) is 10.5. The number of nitrogens with zero attached hydrogens (tertiary/aromatic N) is 1. The lowest BCUT2D eigenvalue weighted by atomic mass is 10.1. The quantitative estimate of drug-likeness (QED) is 0.868. The predicted octanol–water partition coefficient (Wildman–Crippen LogP) is 2.11. The lowest BCUT2D eigenvalue weighted by molar-refractivity contribution is 0.0957. The van der Waals surface area contributed by atoms with Crippen LogP contribution in [0, 0.1) is 0 Å². The van der Waals surface area contributed by atoms with E-state index in [0.29, 0.717) is 11.8 Å². The van der Waals surface area contributed by atoms with Crippen LogP contribution in [0.4, 0.5) is 0 Å². The molecule has 17 heavy (non-hydrogen) atoms. The minimum atomic E-state index is -0.173. The van der Waals surface area contributed by atoms with Gasteiger partial charge in [0.05, 0.1) is 6.10 Å². The third-order valence-electron chi connectivity index (χ3n) is 2.70. The largest absolute Gasteiger partial charge is 0.490 e. The van der Waals surface area contributed by atoms with Gasteiger partial charge in [0, 0.05) is 24.9 Å². The highest BCUT2D eigenvalue weighted by molar-refractivity contribution is 5.92. The van der Waals surface area contributed by atoms with Crippen LogP contribution in [0.15, 0.2) is 12.1 Å². The van der Waals surface area contributed by atoms with Gasteiger partial charge in [0.15, 0.2) is 0 Å². The number of pyridine rings is 1. The van der Waals surface area contributed by atoms with Crippen molar-refractivity contribution < 1.29 is 9.53 Å². The van der Waals surface area contributed by atoms with E-state index in [-0.39, 0.29) is 11.8 Å². The molecular formula is C13H18N2O2. The first-order chi connectivity index (χ1) is 8.10. The molecule has 1 fully saturated rings. The van der Waals surface area contributed by atoms with Crippen LogP contribution in [0.1, 0.15) is 48.8 Å². The summed E-state index contributed by atoms with van der Waals surface area (Å²) in [6, 6.07) is 3.64. The van der Waals surface area contributed by atoms with Gasteiger partial charge >= 0.3 is 0 Å². The maximum Gasteiger partial charge on any atom is 0.269 e.